The van der Waals surface area contributed by atoms with Crippen molar-refractivity contribution < 1.29 is 0 Å². The van der Waals surface area contributed by atoms with Crippen molar-refractivity contribution >= 4 is 17.6 Å². The van der Waals surface area contributed by atoms with Crippen LogP contribution in [0.2, 0.25) is 0 Å². The zero-order chi connectivity index (χ0) is 11.4. The molecule has 1 aliphatic carbocycles. The molecule has 2 rings (SSSR count). The Bertz CT molecular complexity index is 343. The Labute approximate surface area is 101 Å². The van der Waals surface area contributed by atoms with Crippen molar-refractivity contribution in [3.63, 3.8) is 0 Å². The molecule has 1 N–H and O–H groups in total. The van der Waals surface area contributed by atoms with Crippen LogP contribution < -0.4 is 5.32 Å². The molecule has 0 aliphatic heterocycles. The summed E-state index contributed by atoms with van der Waals surface area (Å²) in [7, 11) is 0. The number of nitrogens with zero attached hydrogens (tertiary/aromatic N) is 2. The molecular weight excluding hydrogens is 218 g/mol. The van der Waals surface area contributed by atoms with Crippen LogP contribution in [0.5, 0.6) is 0 Å². The fraction of sp³-hybridized carbons (Fsp3) is 0.667. The van der Waals surface area contributed by atoms with Crippen molar-refractivity contribution in [2.24, 2.45) is 0 Å². The Morgan fingerprint density at radius 2 is 2.31 bits per heavy atom. The Morgan fingerprint density at radius 3 is 3.00 bits per heavy atom. The lowest BCUT2D eigenvalue weighted by molar-refractivity contribution is 0.750. The van der Waals surface area contributed by atoms with Crippen LogP contribution in [0, 0.1) is 0 Å². The molecule has 0 aromatic carbocycles. The lowest BCUT2D eigenvalue weighted by Gasteiger charge is -2.13. The second kappa shape index (κ2) is 5.53. The smallest absolute Gasteiger partial charge is 0.129 e. The van der Waals surface area contributed by atoms with Gasteiger partial charge in [0.2, 0.25) is 0 Å². The molecular formula is C12H19N3S. The summed E-state index contributed by atoms with van der Waals surface area (Å²) in [5, 5.41) is 4.34. The molecule has 88 valence electrons. The quantitative estimate of drug-likeness (QED) is 0.874. The summed E-state index contributed by atoms with van der Waals surface area (Å²) in [6.07, 6.45) is 8.67. The fourth-order valence-electron chi connectivity index (χ4n) is 2.16. The van der Waals surface area contributed by atoms with E-state index in [1.54, 1.807) is 6.33 Å². The standard InChI is InChI=1S/C12H19N3S/c1-3-9-7-12(14-8-13-9)15-10-4-5-11(6-10)16-2/h7-8,10-11H,3-6H2,1-2H3,(H,13,14,15). The first-order valence-corrected chi connectivity index (χ1v) is 7.21. The minimum atomic E-state index is 0.594. The van der Waals surface area contributed by atoms with Gasteiger partial charge in [-0.2, -0.15) is 11.8 Å². The SMILES string of the molecule is CCc1cc(NC2CCC(SC)C2)ncn1. The third-order valence-electron chi connectivity index (χ3n) is 3.16. The number of nitrogens with one attached hydrogen (secondary N) is 1. The minimum absolute atomic E-state index is 0.594. The molecule has 2 atom stereocenters. The number of thioether (sulfide) groups is 1. The maximum absolute atomic E-state index is 4.27. The summed E-state index contributed by atoms with van der Waals surface area (Å²) in [4.78, 5) is 8.48. The van der Waals surface area contributed by atoms with Crippen molar-refractivity contribution in [1.29, 1.82) is 0 Å². The molecule has 1 aromatic rings. The van der Waals surface area contributed by atoms with Gasteiger partial charge in [0.25, 0.3) is 0 Å². The molecule has 1 saturated carbocycles. The lowest BCUT2D eigenvalue weighted by Crippen LogP contribution is -2.17. The molecule has 4 heteroatoms. The van der Waals surface area contributed by atoms with Gasteiger partial charge >= 0.3 is 0 Å². The van der Waals surface area contributed by atoms with Gasteiger partial charge in [-0.3, -0.25) is 0 Å². The maximum Gasteiger partial charge on any atom is 0.129 e. The first-order valence-electron chi connectivity index (χ1n) is 5.92. The first-order chi connectivity index (χ1) is 7.81. The number of rotatable bonds is 4. The van der Waals surface area contributed by atoms with Gasteiger partial charge in [0.1, 0.15) is 12.1 Å². The topological polar surface area (TPSA) is 37.8 Å². The van der Waals surface area contributed by atoms with E-state index in [-0.39, 0.29) is 0 Å². The molecule has 0 bridgehead atoms. The van der Waals surface area contributed by atoms with Gasteiger partial charge in [0.15, 0.2) is 0 Å². The molecule has 0 saturated heterocycles. The van der Waals surface area contributed by atoms with Gasteiger partial charge in [0, 0.05) is 23.1 Å². The molecule has 1 aliphatic rings. The van der Waals surface area contributed by atoms with Crippen LogP contribution in [-0.4, -0.2) is 27.5 Å². The van der Waals surface area contributed by atoms with Crippen LogP contribution in [-0.2, 0) is 6.42 Å². The highest BCUT2D eigenvalue weighted by Gasteiger charge is 2.23. The highest BCUT2D eigenvalue weighted by molar-refractivity contribution is 7.99. The molecule has 0 radical (unpaired) electrons. The summed E-state index contributed by atoms with van der Waals surface area (Å²) in [6, 6.07) is 2.66. The monoisotopic (exact) mass is 237 g/mol. The zero-order valence-corrected chi connectivity index (χ0v) is 10.8. The zero-order valence-electron chi connectivity index (χ0n) is 9.94. The van der Waals surface area contributed by atoms with E-state index in [4.69, 9.17) is 0 Å². The predicted octanol–water partition coefficient (Wildman–Crippen LogP) is 2.74. The van der Waals surface area contributed by atoms with E-state index in [9.17, 15) is 0 Å². The van der Waals surface area contributed by atoms with Gasteiger partial charge in [-0.05, 0) is 31.9 Å². The summed E-state index contributed by atoms with van der Waals surface area (Å²) in [5.74, 6) is 0.985. The van der Waals surface area contributed by atoms with E-state index in [2.05, 4.69) is 34.5 Å². The van der Waals surface area contributed by atoms with E-state index in [1.807, 2.05) is 11.8 Å². The van der Waals surface area contributed by atoms with Gasteiger partial charge in [-0.15, -0.1) is 0 Å². The fourth-order valence-corrected chi connectivity index (χ4v) is 2.96. The van der Waals surface area contributed by atoms with Crippen molar-refractivity contribution in [1.82, 2.24) is 9.97 Å². The number of aromatic nitrogens is 2. The normalized spacial score (nSPS) is 24.6. The van der Waals surface area contributed by atoms with E-state index in [0.717, 1.165) is 23.2 Å². The minimum Gasteiger partial charge on any atom is -0.367 e. The van der Waals surface area contributed by atoms with Crippen LogP contribution in [0.25, 0.3) is 0 Å². The predicted molar refractivity (Wildman–Crippen MR) is 70.0 cm³/mol. The number of aryl methyl sites for hydroxylation is 1. The van der Waals surface area contributed by atoms with E-state index in [0.29, 0.717) is 6.04 Å². The summed E-state index contributed by atoms with van der Waals surface area (Å²) >= 11 is 1.98. The summed E-state index contributed by atoms with van der Waals surface area (Å²) in [6.45, 7) is 2.12. The first kappa shape index (κ1) is 11.7. The van der Waals surface area contributed by atoms with Gasteiger partial charge in [-0.1, -0.05) is 6.92 Å². The second-order valence-corrected chi connectivity index (χ2v) is 5.40. The van der Waals surface area contributed by atoms with Crippen LogP contribution in [0.3, 0.4) is 0 Å². The van der Waals surface area contributed by atoms with Gasteiger partial charge in [0.05, 0.1) is 0 Å². The van der Waals surface area contributed by atoms with Crippen LogP contribution in [0.15, 0.2) is 12.4 Å². The maximum atomic E-state index is 4.27. The highest BCUT2D eigenvalue weighted by Crippen LogP contribution is 2.29. The number of hydrogen-bond acceptors (Lipinski definition) is 4. The van der Waals surface area contributed by atoms with Gasteiger partial charge in [-0.25, -0.2) is 9.97 Å². The molecule has 3 nitrogen and oxygen atoms in total. The Hall–Kier alpha value is -0.770. The summed E-state index contributed by atoms with van der Waals surface area (Å²) < 4.78 is 0. The number of anilines is 1. The Balaban J connectivity index is 1.94. The van der Waals surface area contributed by atoms with E-state index in [1.165, 1.54) is 19.3 Å². The van der Waals surface area contributed by atoms with Crippen LogP contribution >= 0.6 is 11.8 Å². The summed E-state index contributed by atoms with van der Waals surface area (Å²) in [5.41, 5.74) is 1.11. The van der Waals surface area contributed by atoms with Gasteiger partial charge < -0.3 is 5.32 Å². The highest BCUT2D eigenvalue weighted by atomic mass is 32.2. The molecule has 1 heterocycles. The number of hydrogen-bond donors (Lipinski definition) is 1. The van der Waals surface area contributed by atoms with Crippen molar-refractivity contribution in [3.8, 4) is 0 Å². The average molecular weight is 237 g/mol. The van der Waals surface area contributed by atoms with E-state index >= 15 is 0 Å². The molecule has 0 amide bonds. The molecule has 0 spiro atoms. The van der Waals surface area contributed by atoms with Crippen molar-refractivity contribution in [3.05, 3.63) is 18.1 Å². The van der Waals surface area contributed by atoms with Crippen LogP contribution in [0.1, 0.15) is 31.9 Å². The van der Waals surface area contributed by atoms with Crippen molar-refractivity contribution in [2.75, 3.05) is 11.6 Å². The van der Waals surface area contributed by atoms with Crippen molar-refractivity contribution in [2.45, 2.75) is 43.9 Å². The third kappa shape index (κ3) is 2.88. The molecule has 1 aromatic heterocycles. The molecule has 2 unspecified atom stereocenters. The second-order valence-electron chi connectivity index (χ2n) is 4.26. The Morgan fingerprint density at radius 1 is 1.44 bits per heavy atom. The Kier molecular flexibility index (Phi) is 4.04. The van der Waals surface area contributed by atoms with Crippen LogP contribution in [0.4, 0.5) is 5.82 Å². The van der Waals surface area contributed by atoms with E-state index < -0.39 is 0 Å². The molecule has 1 fully saturated rings. The third-order valence-corrected chi connectivity index (χ3v) is 4.25. The largest absolute Gasteiger partial charge is 0.367 e. The average Bonchev–Trinajstić information content (AvgIpc) is 2.77. The molecule has 16 heavy (non-hydrogen) atoms. The lowest BCUT2D eigenvalue weighted by atomic mass is 10.2.